The molecule has 0 amide bonds. The van der Waals surface area contributed by atoms with Gasteiger partial charge in [0, 0.05) is 52.5 Å². The average Bonchev–Trinajstić information content (AvgIpc) is 3.10. The maximum Gasteiger partial charge on any atom is 0.333 e. The van der Waals surface area contributed by atoms with Crippen molar-refractivity contribution < 1.29 is 19.1 Å². The van der Waals surface area contributed by atoms with Gasteiger partial charge in [-0.2, -0.15) is 0 Å². The minimum Gasteiger partial charge on any atom is -0.465 e. The van der Waals surface area contributed by atoms with E-state index < -0.39 is 0 Å². The summed E-state index contributed by atoms with van der Waals surface area (Å²) in [6, 6.07) is 45.7. The van der Waals surface area contributed by atoms with Crippen molar-refractivity contribution >= 4 is 46.1 Å². The molecule has 0 unspecified atom stereocenters. The van der Waals surface area contributed by atoms with Crippen molar-refractivity contribution in [3.8, 4) is 0 Å². The SMILES string of the molecule is C=C(C)C(=O)OCCc1cccc(N(c2ccccc2)c2ccc(N(c3ccccc3)c3cccc(CCOC(=O)C(C)C)c3)cc2)c1. The molecule has 0 aliphatic carbocycles. The van der Waals surface area contributed by atoms with E-state index in [-0.39, 0.29) is 24.5 Å². The lowest BCUT2D eigenvalue weighted by Gasteiger charge is -2.28. The Balaban J connectivity index is 1.44. The van der Waals surface area contributed by atoms with E-state index in [4.69, 9.17) is 9.47 Å². The summed E-state index contributed by atoms with van der Waals surface area (Å²) in [7, 11) is 0. The molecule has 5 aromatic carbocycles. The molecular formula is C42H42N2O4. The first kappa shape index (κ1) is 33.7. The molecule has 0 N–H and O–H groups in total. The van der Waals surface area contributed by atoms with Crippen LogP contribution >= 0.6 is 0 Å². The predicted octanol–water partition coefficient (Wildman–Crippen LogP) is 10.0. The number of para-hydroxylation sites is 2. The highest BCUT2D eigenvalue weighted by Gasteiger charge is 2.17. The van der Waals surface area contributed by atoms with E-state index in [1.165, 1.54) is 0 Å². The molecule has 5 aromatic rings. The monoisotopic (exact) mass is 638 g/mol. The number of anilines is 6. The molecule has 0 aliphatic rings. The minimum atomic E-state index is -0.374. The van der Waals surface area contributed by atoms with Crippen LogP contribution in [-0.4, -0.2) is 25.2 Å². The second-order valence-corrected chi connectivity index (χ2v) is 11.9. The quantitative estimate of drug-likeness (QED) is 0.0891. The van der Waals surface area contributed by atoms with Crippen LogP contribution in [0.4, 0.5) is 34.1 Å². The lowest BCUT2D eigenvalue weighted by Crippen LogP contribution is -2.14. The Kier molecular flexibility index (Phi) is 11.4. The molecule has 0 heterocycles. The molecular weight excluding hydrogens is 596 g/mol. The molecule has 0 radical (unpaired) electrons. The van der Waals surface area contributed by atoms with Crippen LogP contribution in [0.2, 0.25) is 0 Å². The van der Waals surface area contributed by atoms with Crippen LogP contribution in [0.3, 0.4) is 0 Å². The molecule has 6 nitrogen and oxygen atoms in total. The average molecular weight is 639 g/mol. The Morgan fingerprint density at radius 1 is 0.562 bits per heavy atom. The fourth-order valence-electron chi connectivity index (χ4n) is 5.32. The molecule has 0 aliphatic heterocycles. The standard InChI is InChI=1S/C42H42N2O4/c1-31(2)41(45)47-27-25-33-13-11-19-39(29-33)43(35-15-7-5-8-16-35)37-21-23-38(24-22-37)44(36-17-9-6-10-18-36)40-20-12-14-34(30-40)26-28-48-42(46)32(3)4/h5-24,29-30,32H,1,25-28H2,2-4H3. The summed E-state index contributed by atoms with van der Waals surface area (Å²) in [6.45, 7) is 9.63. The van der Waals surface area contributed by atoms with Gasteiger partial charge < -0.3 is 19.3 Å². The van der Waals surface area contributed by atoms with E-state index >= 15 is 0 Å². The van der Waals surface area contributed by atoms with Crippen LogP contribution in [0.25, 0.3) is 0 Å². The smallest absolute Gasteiger partial charge is 0.333 e. The Morgan fingerprint density at radius 2 is 0.958 bits per heavy atom. The third-order valence-electron chi connectivity index (χ3n) is 7.81. The maximum absolute atomic E-state index is 12.0. The summed E-state index contributed by atoms with van der Waals surface area (Å²) in [5.41, 5.74) is 8.64. The molecule has 0 atom stereocenters. The van der Waals surface area contributed by atoms with Crippen molar-refractivity contribution in [1.82, 2.24) is 0 Å². The Bertz CT molecular complexity index is 1820. The predicted molar refractivity (Wildman–Crippen MR) is 195 cm³/mol. The van der Waals surface area contributed by atoms with E-state index in [0.29, 0.717) is 25.0 Å². The summed E-state index contributed by atoms with van der Waals surface area (Å²) in [6.07, 6.45) is 1.23. The largest absolute Gasteiger partial charge is 0.465 e. The van der Waals surface area contributed by atoms with Gasteiger partial charge in [-0.15, -0.1) is 0 Å². The Morgan fingerprint density at radius 3 is 1.38 bits per heavy atom. The zero-order valence-electron chi connectivity index (χ0n) is 27.8. The third kappa shape index (κ3) is 8.80. The molecule has 0 spiro atoms. The van der Waals surface area contributed by atoms with Gasteiger partial charge in [0.2, 0.25) is 0 Å². The number of benzene rings is 5. The van der Waals surface area contributed by atoms with Crippen LogP contribution in [0.15, 0.2) is 146 Å². The number of carbonyl (C=O) groups is 2. The van der Waals surface area contributed by atoms with Gasteiger partial charge in [0.1, 0.15) is 0 Å². The number of ether oxygens (including phenoxy) is 2. The first-order valence-electron chi connectivity index (χ1n) is 16.3. The number of nitrogens with zero attached hydrogens (tertiary/aromatic N) is 2. The summed E-state index contributed by atoms with van der Waals surface area (Å²) in [5, 5.41) is 0. The third-order valence-corrected chi connectivity index (χ3v) is 7.81. The number of esters is 2. The van der Waals surface area contributed by atoms with Crippen LogP contribution in [0.1, 0.15) is 31.9 Å². The van der Waals surface area contributed by atoms with E-state index in [0.717, 1.165) is 45.3 Å². The summed E-state index contributed by atoms with van der Waals surface area (Å²) < 4.78 is 10.8. The van der Waals surface area contributed by atoms with Gasteiger partial charge in [0.05, 0.1) is 19.1 Å². The van der Waals surface area contributed by atoms with Crippen LogP contribution in [0, 0.1) is 5.92 Å². The van der Waals surface area contributed by atoms with Gasteiger partial charge in [-0.3, -0.25) is 4.79 Å². The van der Waals surface area contributed by atoms with Crippen LogP contribution in [0.5, 0.6) is 0 Å². The molecule has 0 saturated carbocycles. The molecule has 6 heteroatoms. The highest BCUT2D eigenvalue weighted by Crippen LogP contribution is 2.39. The zero-order valence-corrected chi connectivity index (χ0v) is 27.8. The highest BCUT2D eigenvalue weighted by atomic mass is 16.5. The van der Waals surface area contributed by atoms with Gasteiger partial charge in [-0.25, -0.2) is 4.79 Å². The lowest BCUT2D eigenvalue weighted by molar-refractivity contribution is -0.147. The fraction of sp³-hybridized carbons (Fsp3) is 0.190. The van der Waals surface area contributed by atoms with Gasteiger partial charge in [-0.1, -0.05) is 81.1 Å². The molecule has 48 heavy (non-hydrogen) atoms. The molecule has 0 saturated heterocycles. The normalized spacial score (nSPS) is 10.8. The molecule has 244 valence electrons. The number of hydrogen-bond donors (Lipinski definition) is 0. The van der Waals surface area contributed by atoms with Crippen LogP contribution in [-0.2, 0) is 31.9 Å². The lowest BCUT2D eigenvalue weighted by atomic mass is 10.1. The Hall–Kier alpha value is -5.62. The summed E-state index contributed by atoms with van der Waals surface area (Å²) in [5.74, 6) is -0.703. The number of rotatable bonds is 14. The van der Waals surface area contributed by atoms with Crippen molar-refractivity contribution in [1.29, 1.82) is 0 Å². The van der Waals surface area contributed by atoms with Gasteiger partial charge in [0.25, 0.3) is 0 Å². The van der Waals surface area contributed by atoms with E-state index in [9.17, 15) is 9.59 Å². The van der Waals surface area contributed by atoms with Gasteiger partial charge in [0.15, 0.2) is 0 Å². The fourth-order valence-corrected chi connectivity index (χ4v) is 5.32. The van der Waals surface area contributed by atoms with Crippen molar-refractivity contribution in [3.05, 3.63) is 157 Å². The van der Waals surface area contributed by atoms with E-state index in [2.05, 4.69) is 95.2 Å². The van der Waals surface area contributed by atoms with Crippen molar-refractivity contribution in [2.75, 3.05) is 23.0 Å². The minimum absolute atomic E-state index is 0.145. The molecule has 0 bridgehead atoms. The van der Waals surface area contributed by atoms with Crippen molar-refractivity contribution in [3.63, 3.8) is 0 Å². The second kappa shape index (κ2) is 16.3. The van der Waals surface area contributed by atoms with Crippen molar-refractivity contribution in [2.24, 2.45) is 5.92 Å². The molecule has 0 fully saturated rings. The topological polar surface area (TPSA) is 59.1 Å². The van der Waals surface area contributed by atoms with Crippen LogP contribution < -0.4 is 9.80 Å². The first-order chi connectivity index (χ1) is 23.3. The van der Waals surface area contributed by atoms with E-state index in [1.54, 1.807) is 6.92 Å². The molecule has 0 aromatic heterocycles. The first-order valence-corrected chi connectivity index (χ1v) is 16.3. The maximum atomic E-state index is 12.0. The Labute approximate surface area is 283 Å². The summed E-state index contributed by atoms with van der Waals surface area (Å²) in [4.78, 5) is 28.3. The summed E-state index contributed by atoms with van der Waals surface area (Å²) >= 11 is 0. The van der Waals surface area contributed by atoms with Gasteiger partial charge >= 0.3 is 11.9 Å². The van der Waals surface area contributed by atoms with Crippen molar-refractivity contribution in [2.45, 2.75) is 33.6 Å². The highest BCUT2D eigenvalue weighted by molar-refractivity contribution is 5.87. The van der Waals surface area contributed by atoms with E-state index in [1.807, 2.05) is 68.4 Å². The zero-order chi connectivity index (χ0) is 33.9. The van der Waals surface area contributed by atoms with Gasteiger partial charge in [-0.05, 0) is 90.8 Å². The second-order valence-electron chi connectivity index (χ2n) is 11.9. The molecule has 5 rings (SSSR count). The number of carbonyl (C=O) groups excluding carboxylic acids is 2. The number of hydrogen-bond acceptors (Lipinski definition) is 6.